The van der Waals surface area contributed by atoms with Crippen LogP contribution in [0.25, 0.3) is 5.57 Å². The van der Waals surface area contributed by atoms with E-state index in [1.165, 1.54) is 12.1 Å². The third-order valence-electron chi connectivity index (χ3n) is 4.02. The Bertz CT molecular complexity index is 858. The summed E-state index contributed by atoms with van der Waals surface area (Å²) < 4.78 is 22.4. The SMILES string of the molecule is CC/C(=C\C(=O)NCCCc1ccc(S(N)(=O)=O)cc1)c1ccccc1. The summed E-state index contributed by atoms with van der Waals surface area (Å²) in [5, 5.41) is 7.97. The van der Waals surface area contributed by atoms with Crippen molar-refractivity contribution in [3.63, 3.8) is 0 Å². The highest BCUT2D eigenvalue weighted by atomic mass is 32.2. The Balaban J connectivity index is 1.82. The van der Waals surface area contributed by atoms with E-state index < -0.39 is 10.0 Å². The number of carbonyl (C=O) groups is 1. The first-order chi connectivity index (χ1) is 12.4. The second kappa shape index (κ2) is 9.31. The van der Waals surface area contributed by atoms with Crippen LogP contribution in [0.4, 0.5) is 0 Å². The van der Waals surface area contributed by atoms with Gasteiger partial charge in [0.1, 0.15) is 0 Å². The summed E-state index contributed by atoms with van der Waals surface area (Å²) >= 11 is 0. The molecule has 1 amide bonds. The molecule has 0 fully saturated rings. The van der Waals surface area contributed by atoms with E-state index in [-0.39, 0.29) is 10.8 Å². The number of hydrogen-bond donors (Lipinski definition) is 2. The molecule has 2 rings (SSSR count). The van der Waals surface area contributed by atoms with E-state index in [1.807, 2.05) is 37.3 Å². The quantitative estimate of drug-likeness (QED) is 0.551. The molecule has 0 heterocycles. The predicted molar refractivity (Wildman–Crippen MR) is 104 cm³/mol. The normalized spacial score (nSPS) is 12.0. The van der Waals surface area contributed by atoms with Gasteiger partial charge in [0.05, 0.1) is 4.90 Å². The van der Waals surface area contributed by atoms with E-state index in [9.17, 15) is 13.2 Å². The minimum absolute atomic E-state index is 0.102. The number of nitrogens with two attached hydrogens (primary N) is 1. The van der Waals surface area contributed by atoms with Gasteiger partial charge in [-0.2, -0.15) is 0 Å². The molecular weight excluding hydrogens is 348 g/mol. The standard InChI is InChI=1S/C20H24N2O3S/c1-2-17(18-8-4-3-5-9-18)15-20(23)22-14-6-7-16-10-12-19(13-11-16)26(21,24)25/h3-5,8-13,15H,2,6-7,14H2,1H3,(H,22,23)(H2,21,24,25)/b17-15+. The lowest BCUT2D eigenvalue weighted by Gasteiger charge is -2.07. The van der Waals surface area contributed by atoms with Crippen LogP contribution in [0.15, 0.2) is 65.6 Å². The molecule has 0 atom stereocenters. The highest BCUT2D eigenvalue weighted by Gasteiger charge is 2.07. The van der Waals surface area contributed by atoms with Gasteiger partial charge in [0.2, 0.25) is 15.9 Å². The number of hydrogen-bond acceptors (Lipinski definition) is 3. The van der Waals surface area contributed by atoms with Crippen molar-refractivity contribution in [3.05, 3.63) is 71.8 Å². The number of benzene rings is 2. The highest BCUT2D eigenvalue weighted by molar-refractivity contribution is 7.89. The van der Waals surface area contributed by atoms with Crippen LogP contribution in [-0.4, -0.2) is 20.9 Å². The molecule has 0 aromatic heterocycles. The van der Waals surface area contributed by atoms with Crippen molar-refractivity contribution >= 4 is 21.5 Å². The molecule has 0 spiro atoms. The fourth-order valence-electron chi connectivity index (χ4n) is 2.60. The summed E-state index contributed by atoms with van der Waals surface area (Å²) in [7, 11) is -3.66. The molecule has 0 aliphatic carbocycles. The van der Waals surface area contributed by atoms with Crippen LogP contribution in [0.1, 0.15) is 30.9 Å². The van der Waals surface area contributed by atoms with Crippen molar-refractivity contribution in [2.24, 2.45) is 5.14 Å². The number of carbonyl (C=O) groups excluding carboxylic acids is 1. The van der Waals surface area contributed by atoms with Crippen molar-refractivity contribution in [2.75, 3.05) is 6.54 Å². The zero-order chi connectivity index (χ0) is 19.0. The number of allylic oxidation sites excluding steroid dienone is 1. The Hall–Kier alpha value is -2.44. The first kappa shape index (κ1) is 19.9. The van der Waals surface area contributed by atoms with Crippen LogP contribution in [0.5, 0.6) is 0 Å². The molecule has 2 aromatic rings. The molecule has 6 heteroatoms. The lowest BCUT2D eigenvalue weighted by atomic mass is 10.0. The Kier molecular flexibility index (Phi) is 7.12. The van der Waals surface area contributed by atoms with Crippen LogP contribution in [-0.2, 0) is 21.2 Å². The fourth-order valence-corrected chi connectivity index (χ4v) is 3.12. The molecule has 0 saturated heterocycles. The predicted octanol–water partition coefficient (Wildman–Crippen LogP) is 2.88. The molecule has 2 aromatic carbocycles. The smallest absolute Gasteiger partial charge is 0.244 e. The van der Waals surface area contributed by atoms with E-state index in [1.54, 1.807) is 18.2 Å². The molecule has 0 aliphatic rings. The van der Waals surface area contributed by atoms with E-state index in [0.29, 0.717) is 6.54 Å². The van der Waals surface area contributed by atoms with E-state index in [2.05, 4.69) is 5.32 Å². The molecular formula is C20H24N2O3S. The Morgan fingerprint density at radius 3 is 2.31 bits per heavy atom. The average Bonchev–Trinajstić information content (AvgIpc) is 2.63. The van der Waals surface area contributed by atoms with Gasteiger partial charge in [-0.15, -0.1) is 0 Å². The molecule has 0 radical (unpaired) electrons. The zero-order valence-corrected chi connectivity index (χ0v) is 15.6. The van der Waals surface area contributed by atoms with Crippen LogP contribution in [0, 0.1) is 0 Å². The third kappa shape index (κ3) is 6.13. The van der Waals surface area contributed by atoms with Crippen molar-refractivity contribution in [1.29, 1.82) is 0 Å². The van der Waals surface area contributed by atoms with Gasteiger partial charge in [0.25, 0.3) is 0 Å². The number of amides is 1. The maximum atomic E-state index is 12.1. The molecule has 138 valence electrons. The third-order valence-corrected chi connectivity index (χ3v) is 4.95. The van der Waals surface area contributed by atoms with Crippen molar-refractivity contribution < 1.29 is 13.2 Å². The van der Waals surface area contributed by atoms with Gasteiger partial charge < -0.3 is 5.32 Å². The van der Waals surface area contributed by atoms with Crippen LogP contribution < -0.4 is 10.5 Å². The lowest BCUT2D eigenvalue weighted by Crippen LogP contribution is -2.23. The number of nitrogens with one attached hydrogen (secondary N) is 1. The summed E-state index contributed by atoms with van der Waals surface area (Å²) in [4.78, 5) is 12.2. The number of sulfonamides is 1. The highest BCUT2D eigenvalue weighted by Crippen LogP contribution is 2.17. The van der Waals surface area contributed by atoms with Gasteiger partial charge >= 0.3 is 0 Å². The molecule has 3 N–H and O–H groups in total. The summed E-state index contributed by atoms with van der Waals surface area (Å²) in [6, 6.07) is 16.3. The number of primary sulfonamides is 1. The van der Waals surface area contributed by atoms with Gasteiger partial charge in [0.15, 0.2) is 0 Å². The first-order valence-corrected chi connectivity index (χ1v) is 10.1. The summed E-state index contributed by atoms with van der Waals surface area (Å²) in [6.45, 7) is 2.58. The first-order valence-electron chi connectivity index (χ1n) is 8.55. The number of rotatable bonds is 8. The summed E-state index contributed by atoms with van der Waals surface area (Å²) in [5.41, 5.74) is 3.06. The van der Waals surface area contributed by atoms with Crippen LogP contribution in [0.3, 0.4) is 0 Å². The molecule has 5 nitrogen and oxygen atoms in total. The van der Waals surface area contributed by atoms with E-state index in [0.717, 1.165) is 36.0 Å². The van der Waals surface area contributed by atoms with Gasteiger partial charge in [-0.25, -0.2) is 13.6 Å². The maximum Gasteiger partial charge on any atom is 0.244 e. The summed E-state index contributed by atoms with van der Waals surface area (Å²) in [5.74, 6) is -0.102. The van der Waals surface area contributed by atoms with E-state index in [4.69, 9.17) is 5.14 Å². The van der Waals surface area contributed by atoms with Crippen molar-refractivity contribution in [3.8, 4) is 0 Å². The van der Waals surface area contributed by atoms with Crippen molar-refractivity contribution in [1.82, 2.24) is 5.32 Å². The maximum absolute atomic E-state index is 12.1. The molecule has 0 aliphatic heterocycles. The van der Waals surface area contributed by atoms with E-state index >= 15 is 0 Å². The topological polar surface area (TPSA) is 89.3 Å². The average molecular weight is 372 g/mol. The summed E-state index contributed by atoms with van der Waals surface area (Å²) in [6.07, 6.45) is 3.94. The van der Waals surface area contributed by atoms with Gasteiger partial charge in [-0.05, 0) is 48.1 Å². The largest absolute Gasteiger partial charge is 0.353 e. The fraction of sp³-hybridized carbons (Fsp3) is 0.250. The molecule has 0 bridgehead atoms. The molecule has 0 unspecified atom stereocenters. The van der Waals surface area contributed by atoms with Crippen LogP contribution in [0.2, 0.25) is 0 Å². The van der Waals surface area contributed by atoms with Crippen molar-refractivity contribution in [2.45, 2.75) is 31.1 Å². The minimum Gasteiger partial charge on any atom is -0.353 e. The second-order valence-electron chi connectivity index (χ2n) is 5.97. The van der Waals surface area contributed by atoms with Gasteiger partial charge in [-0.3, -0.25) is 4.79 Å². The lowest BCUT2D eigenvalue weighted by molar-refractivity contribution is -0.116. The Labute approximate surface area is 155 Å². The Morgan fingerprint density at radius 2 is 1.73 bits per heavy atom. The molecule has 0 saturated carbocycles. The van der Waals surface area contributed by atoms with Gasteiger partial charge in [-0.1, -0.05) is 49.4 Å². The second-order valence-corrected chi connectivity index (χ2v) is 7.53. The Morgan fingerprint density at radius 1 is 1.08 bits per heavy atom. The van der Waals surface area contributed by atoms with Gasteiger partial charge in [0, 0.05) is 12.6 Å². The monoisotopic (exact) mass is 372 g/mol. The minimum atomic E-state index is -3.66. The molecule has 26 heavy (non-hydrogen) atoms. The zero-order valence-electron chi connectivity index (χ0n) is 14.8. The number of aryl methyl sites for hydroxylation is 1. The van der Waals surface area contributed by atoms with Crippen LogP contribution >= 0.6 is 0 Å².